The van der Waals surface area contributed by atoms with Crippen molar-refractivity contribution in [2.45, 2.75) is 32.7 Å². The number of hydrogen-bond acceptors (Lipinski definition) is 4. The lowest BCUT2D eigenvalue weighted by atomic mass is 10.1. The number of carboxylic acid groups (broad SMARTS) is 2. The number of carboxylic acids is 2. The number of carbonyl (C=O) groups is 2. The van der Waals surface area contributed by atoms with Crippen molar-refractivity contribution in [1.82, 2.24) is 14.4 Å². The molecule has 0 amide bonds. The molecule has 206 valence electrons. The van der Waals surface area contributed by atoms with Gasteiger partial charge in [0.15, 0.2) is 0 Å². The van der Waals surface area contributed by atoms with Crippen LogP contribution in [0.1, 0.15) is 23.6 Å². The van der Waals surface area contributed by atoms with E-state index in [-0.39, 0.29) is 0 Å². The Labute approximate surface area is 223 Å². The molecule has 1 aromatic heterocycles. The van der Waals surface area contributed by atoms with Crippen molar-refractivity contribution in [2.75, 3.05) is 26.2 Å². The Kier molecular flexibility index (Phi) is 8.57. The quantitative estimate of drug-likeness (QED) is 0.333. The van der Waals surface area contributed by atoms with E-state index in [9.17, 15) is 13.2 Å². The lowest BCUT2D eigenvalue weighted by Crippen LogP contribution is -2.45. The molecule has 4 aromatic rings. The first-order valence-electron chi connectivity index (χ1n) is 12.6. The van der Waals surface area contributed by atoms with E-state index in [0.29, 0.717) is 12.1 Å². The smallest absolute Gasteiger partial charge is 0.416 e. The first-order chi connectivity index (χ1) is 18.6. The molecule has 5 rings (SSSR count). The van der Waals surface area contributed by atoms with E-state index >= 15 is 0 Å². The summed E-state index contributed by atoms with van der Waals surface area (Å²) in [6, 6.07) is 21.2. The van der Waals surface area contributed by atoms with Gasteiger partial charge in [-0.1, -0.05) is 42.5 Å². The monoisotopic (exact) mass is 541 g/mol. The maximum Gasteiger partial charge on any atom is 0.416 e. The average Bonchev–Trinajstić information content (AvgIpc) is 3.23. The highest BCUT2D eigenvalue weighted by Gasteiger charge is 2.33. The molecule has 1 aliphatic heterocycles. The van der Waals surface area contributed by atoms with E-state index in [1.807, 2.05) is 0 Å². The Morgan fingerprint density at radius 2 is 1.33 bits per heavy atom. The molecule has 0 unspecified atom stereocenters. The van der Waals surface area contributed by atoms with Crippen molar-refractivity contribution >= 4 is 33.7 Å². The van der Waals surface area contributed by atoms with Gasteiger partial charge >= 0.3 is 18.1 Å². The predicted octanol–water partition coefficient (Wildman–Crippen LogP) is 5.31. The number of halogens is 3. The molecule has 2 N–H and O–H groups in total. The van der Waals surface area contributed by atoms with Gasteiger partial charge in [0, 0.05) is 67.6 Å². The van der Waals surface area contributed by atoms with Gasteiger partial charge in [-0.05, 0) is 42.3 Å². The molecule has 0 aliphatic carbocycles. The van der Waals surface area contributed by atoms with Crippen LogP contribution in [0, 0.1) is 0 Å². The predicted molar refractivity (Wildman–Crippen MR) is 142 cm³/mol. The highest BCUT2D eigenvalue weighted by molar-refractivity contribution is 6.27. The Hall–Kier alpha value is -3.89. The van der Waals surface area contributed by atoms with Crippen molar-refractivity contribution < 1.29 is 33.0 Å². The van der Waals surface area contributed by atoms with E-state index in [1.54, 1.807) is 12.1 Å². The van der Waals surface area contributed by atoms with Crippen LogP contribution in [0.5, 0.6) is 0 Å². The minimum atomic E-state index is -4.31. The molecule has 0 atom stereocenters. The van der Waals surface area contributed by atoms with Crippen LogP contribution in [-0.2, 0) is 35.4 Å². The lowest BCUT2D eigenvalue weighted by Gasteiger charge is -2.35. The zero-order chi connectivity index (χ0) is 28.2. The fourth-order valence-corrected chi connectivity index (χ4v) is 5.08. The van der Waals surface area contributed by atoms with Crippen LogP contribution in [0.4, 0.5) is 13.2 Å². The second-order valence-electron chi connectivity index (χ2n) is 9.43. The van der Waals surface area contributed by atoms with E-state index < -0.39 is 23.7 Å². The van der Waals surface area contributed by atoms with Crippen LogP contribution in [0.3, 0.4) is 0 Å². The van der Waals surface area contributed by atoms with Crippen LogP contribution in [0.15, 0.2) is 66.7 Å². The summed E-state index contributed by atoms with van der Waals surface area (Å²) in [4.78, 5) is 22.7. The molecule has 39 heavy (non-hydrogen) atoms. The summed E-state index contributed by atoms with van der Waals surface area (Å²) in [5.41, 5.74) is 3.64. The number of hydrogen-bond donors (Lipinski definition) is 2. The molecule has 0 saturated carbocycles. The molecular formula is C29H30F3N3O4. The number of benzene rings is 3. The third-order valence-electron chi connectivity index (χ3n) is 6.92. The molecule has 1 aliphatic rings. The van der Waals surface area contributed by atoms with Crippen LogP contribution in [0.25, 0.3) is 21.8 Å². The molecule has 2 heterocycles. The number of aromatic nitrogens is 1. The summed E-state index contributed by atoms with van der Waals surface area (Å²) in [5, 5.41) is 17.3. The molecule has 1 fully saturated rings. The number of fused-ring (bicyclic) bond motifs is 3. The van der Waals surface area contributed by atoms with Gasteiger partial charge in [0.25, 0.3) is 0 Å². The topological polar surface area (TPSA) is 86.0 Å². The minimum absolute atomic E-state index is 0.339. The van der Waals surface area contributed by atoms with E-state index in [2.05, 4.69) is 63.8 Å². The van der Waals surface area contributed by atoms with Gasteiger partial charge in [0.05, 0.1) is 5.56 Å². The van der Waals surface area contributed by atoms with Crippen molar-refractivity contribution in [1.29, 1.82) is 0 Å². The molecule has 7 nitrogen and oxygen atoms in total. The number of alkyl halides is 3. The Morgan fingerprint density at radius 1 is 0.769 bits per heavy atom. The molecule has 0 spiro atoms. The standard InChI is InChI=1S/C27H28F3N3.C2H2O4/c1-2-33-25-10-6-4-8-22(25)23-17-20(11-12-26(23)33)18-31-13-15-32(16-14-31)19-21-7-3-5-9-24(21)27(28,29)30;3-1(4)2(5)6/h3-12,17H,2,13-16,18-19H2,1H3;(H,3,4)(H,5,6). The zero-order valence-electron chi connectivity index (χ0n) is 21.5. The molecule has 10 heteroatoms. The summed E-state index contributed by atoms with van der Waals surface area (Å²) in [5.74, 6) is -3.65. The summed E-state index contributed by atoms with van der Waals surface area (Å²) < 4.78 is 42.3. The summed E-state index contributed by atoms with van der Waals surface area (Å²) in [6.45, 7) is 7.54. The van der Waals surface area contributed by atoms with Crippen molar-refractivity contribution in [2.24, 2.45) is 0 Å². The summed E-state index contributed by atoms with van der Waals surface area (Å²) >= 11 is 0. The SMILES string of the molecule is CCn1c2ccccc2c2cc(CN3CCN(Cc4ccccc4C(F)(F)F)CC3)ccc21.O=C(O)C(=O)O. The van der Waals surface area contributed by atoms with E-state index in [0.717, 1.165) is 39.3 Å². The van der Waals surface area contributed by atoms with Gasteiger partial charge in [-0.15, -0.1) is 0 Å². The van der Waals surface area contributed by atoms with Gasteiger partial charge in [-0.3, -0.25) is 9.80 Å². The molecular weight excluding hydrogens is 511 g/mol. The van der Waals surface area contributed by atoms with Crippen LogP contribution < -0.4 is 0 Å². The van der Waals surface area contributed by atoms with Gasteiger partial charge in [-0.25, -0.2) is 9.59 Å². The number of aryl methyl sites for hydroxylation is 1. The van der Waals surface area contributed by atoms with E-state index in [4.69, 9.17) is 19.8 Å². The van der Waals surface area contributed by atoms with Crippen LogP contribution in [0.2, 0.25) is 0 Å². The first-order valence-corrected chi connectivity index (χ1v) is 12.6. The molecule has 0 bridgehead atoms. The second kappa shape index (κ2) is 11.9. The maximum atomic E-state index is 13.3. The normalized spacial score (nSPS) is 14.8. The number of nitrogens with zero attached hydrogens (tertiary/aromatic N) is 3. The Balaban J connectivity index is 0.000000531. The van der Waals surface area contributed by atoms with Crippen molar-refractivity contribution in [3.63, 3.8) is 0 Å². The Morgan fingerprint density at radius 3 is 1.95 bits per heavy atom. The minimum Gasteiger partial charge on any atom is -0.473 e. The second-order valence-corrected chi connectivity index (χ2v) is 9.43. The van der Waals surface area contributed by atoms with Gasteiger partial charge in [-0.2, -0.15) is 13.2 Å². The lowest BCUT2D eigenvalue weighted by molar-refractivity contribution is -0.159. The van der Waals surface area contributed by atoms with Gasteiger partial charge in [0.1, 0.15) is 0 Å². The van der Waals surface area contributed by atoms with Crippen LogP contribution >= 0.6 is 0 Å². The number of rotatable bonds is 5. The fourth-order valence-electron chi connectivity index (χ4n) is 5.08. The Bertz CT molecular complexity index is 1460. The number of para-hydroxylation sites is 1. The van der Waals surface area contributed by atoms with Crippen LogP contribution in [-0.4, -0.2) is 62.7 Å². The highest BCUT2D eigenvalue weighted by atomic mass is 19.4. The van der Waals surface area contributed by atoms with Crippen molar-refractivity contribution in [3.05, 3.63) is 83.4 Å². The first kappa shape index (κ1) is 28.1. The van der Waals surface area contributed by atoms with Gasteiger partial charge in [0.2, 0.25) is 0 Å². The third kappa shape index (κ3) is 6.58. The molecule has 0 radical (unpaired) electrons. The fraction of sp³-hybridized carbons (Fsp3) is 0.310. The van der Waals surface area contributed by atoms with Gasteiger partial charge < -0.3 is 14.8 Å². The van der Waals surface area contributed by atoms with E-state index in [1.165, 1.54) is 39.5 Å². The molecule has 1 saturated heterocycles. The number of aliphatic carboxylic acids is 2. The largest absolute Gasteiger partial charge is 0.473 e. The maximum absolute atomic E-state index is 13.3. The van der Waals surface area contributed by atoms with Crippen molar-refractivity contribution in [3.8, 4) is 0 Å². The highest BCUT2D eigenvalue weighted by Crippen LogP contribution is 2.33. The average molecular weight is 542 g/mol. The number of piperazine rings is 1. The third-order valence-corrected chi connectivity index (χ3v) is 6.92. The molecule has 3 aromatic carbocycles. The summed E-state index contributed by atoms with van der Waals surface area (Å²) in [6.07, 6.45) is -4.31. The zero-order valence-corrected chi connectivity index (χ0v) is 21.5. The summed E-state index contributed by atoms with van der Waals surface area (Å²) in [7, 11) is 0.